The number of piperazine rings is 1. The van der Waals surface area contributed by atoms with Gasteiger partial charge in [0.2, 0.25) is 5.95 Å². The molecule has 11 nitrogen and oxygen atoms in total. The second-order valence-corrected chi connectivity index (χ2v) is 8.40. The quantitative estimate of drug-likeness (QED) is 0.593. The van der Waals surface area contributed by atoms with Crippen LogP contribution in [0.5, 0.6) is 0 Å². The Bertz CT molecular complexity index is 1110. The molecule has 0 radical (unpaired) electrons. The normalized spacial score (nSPS) is 17.6. The van der Waals surface area contributed by atoms with Crippen LogP contribution >= 0.6 is 0 Å². The van der Waals surface area contributed by atoms with Crippen molar-refractivity contribution in [3.05, 3.63) is 54.2 Å². The lowest BCUT2D eigenvalue weighted by Crippen LogP contribution is -2.47. The molecule has 1 aromatic carbocycles. The van der Waals surface area contributed by atoms with E-state index in [0.29, 0.717) is 56.7 Å². The Morgan fingerprint density at radius 3 is 2.41 bits per heavy atom. The first-order chi connectivity index (χ1) is 16.6. The first-order valence-corrected chi connectivity index (χ1v) is 11.4. The zero-order valence-corrected chi connectivity index (χ0v) is 19.2. The van der Waals surface area contributed by atoms with E-state index in [9.17, 15) is 4.79 Å². The number of rotatable bonds is 5. The molecule has 34 heavy (non-hydrogen) atoms. The number of aromatic nitrogens is 4. The van der Waals surface area contributed by atoms with Crippen molar-refractivity contribution in [2.75, 3.05) is 70.3 Å². The predicted octanol–water partition coefficient (Wildman–Crippen LogP) is 1.02. The van der Waals surface area contributed by atoms with Crippen LogP contribution in [-0.4, -0.2) is 100.0 Å². The van der Waals surface area contributed by atoms with Gasteiger partial charge in [-0.1, -0.05) is 18.2 Å². The molecule has 0 aliphatic carbocycles. The number of benzene rings is 1. The zero-order chi connectivity index (χ0) is 23.5. The van der Waals surface area contributed by atoms with Crippen LogP contribution in [-0.2, 0) is 4.74 Å². The standard InChI is InChI=1S/C23H29N9O2/c1-28-9-11-29(12-10-28)21(33)18-7-8-20(25-17-18)31-22(24)26-23(27-31)32(19-5-3-2-4-6-19)30-13-15-34-16-14-30/h2-8,17H,9-16H2,1H3,(H2,24,26,27). The van der Waals surface area contributed by atoms with Gasteiger partial charge in [-0.05, 0) is 31.3 Å². The Balaban J connectivity index is 1.39. The second-order valence-electron chi connectivity index (χ2n) is 8.40. The van der Waals surface area contributed by atoms with Crippen molar-refractivity contribution in [1.29, 1.82) is 0 Å². The Kier molecular flexibility index (Phi) is 6.39. The Labute approximate surface area is 198 Å². The number of hydrogen-bond donors (Lipinski definition) is 1. The SMILES string of the molecule is CN1CCN(C(=O)c2ccc(-n3nc(N(c4ccccc4)N4CCOCC4)nc3N)nc2)CC1. The van der Waals surface area contributed by atoms with Gasteiger partial charge in [-0.2, -0.15) is 9.67 Å². The summed E-state index contributed by atoms with van der Waals surface area (Å²) in [5.41, 5.74) is 7.73. The van der Waals surface area contributed by atoms with Gasteiger partial charge in [-0.3, -0.25) is 4.79 Å². The number of pyridine rings is 1. The minimum absolute atomic E-state index is 0.0121. The first kappa shape index (κ1) is 22.3. The molecule has 2 aliphatic heterocycles. The third kappa shape index (κ3) is 4.58. The van der Waals surface area contributed by atoms with Crippen LogP contribution in [0.2, 0.25) is 0 Å². The maximum atomic E-state index is 12.8. The van der Waals surface area contributed by atoms with Crippen molar-refractivity contribution < 1.29 is 9.53 Å². The van der Waals surface area contributed by atoms with Crippen LogP contribution in [0.25, 0.3) is 5.82 Å². The maximum Gasteiger partial charge on any atom is 0.266 e. The van der Waals surface area contributed by atoms with Crippen LogP contribution in [0.3, 0.4) is 0 Å². The molecule has 11 heteroatoms. The smallest absolute Gasteiger partial charge is 0.266 e. The van der Waals surface area contributed by atoms with Gasteiger partial charge in [0.05, 0.1) is 24.5 Å². The van der Waals surface area contributed by atoms with E-state index in [2.05, 4.69) is 32.0 Å². The second kappa shape index (κ2) is 9.75. The van der Waals surface area contributed by atoms with E-state index >= 15 is 0 Å². The fraction of sp³-hybridized carbons (Fsp3) is 0.391. The summed E-state index contributed by atoms with van der Waals surface area (Å²) in [7, 11) is 2.06. The maximum absolute atomic E-state index is 12.8. The molecule has 4 heterocycles. The number of para-hydroxylation sites is 1. The molecular weight excluding hydrogens is 434 g/mol. The summed E-state index contributed by atoms with van der Waals surface area (Å²) in [6, 6.07) is 13.4. The molecule has 0 saturated carbocycles. The molecule has 2 fully saturated rings. The Hall–Kier alpha value is -3.54. The largest absolute Gasteiger partial charge is 0.379 e. The number of nitrogens with two attached hydrogens (primary N) is 1. The van der Waals surface area contributed by atoms with Crippen molar-refractivity contribution >= 4 is 23.5 Å². The molecule has 2 saturated heterocycles. The highest BCUT2D eigenvalue weighted by atomic mass is 16.5. The number of amides is 1. The van der Waals surface area contributed by atoms with Crippen molar-refractivity contribution in [3.63, 3.8) is 0 Å². The van der Waals surface area contributed by atoms with E-state index in [1.54, 1.807) is 18.3 Å². The summed E-state index contributed by atoms with van der Waals surface area (Å²) in [4.78, 5) is 25.9. The van der Waals surface area contributed by atoms with Gasteiger partial charge in [0, 0.05) is 45.5 Å². The minimum atomic E-state index is -0.0121. The summed E-state index contributed by atoms with van der Waals surface area (Å²) in [5.74, 6) is 1.16. The van der Waals surface area contributed by atoms with Crippen LogP contribution in [0, 0.1) is 0 Å². The molecule has 3 aromatic rings. The fourth-order valence-corrected chi connectivity index (χ4v) is 4.13. The molecule has 5 rings (SSSR count). The van der Waals surface area contributed by atoms with Crippen molar-refractivity contribution in [2.45, 2.75) is 0 Å². The number of nitrogens with zero attached hydrogens (tertiary/aromatic N) is 8. The third-order valence-corrected chi connectivity index (χ3v) is 6.08. The van der Waals surface area contributed by atoms with E-state index < -0.39 is 0 Å². The summed E-state index contributed by atoms with van der Waals surface area (Å²) in [6.45, 7) is 5.86. The van der Waals surface area contributed by atoms with E-state index in [1.165, 1.54) is 4.68 Å². The number of hydrazine groups is 1. The molecule has 0 unspecified atom stereocenters. The van der Waals surface area contributed by atoms with Gasteiger partial charge in [0.15, 0.2) is 5.82 Å². The molecule has 1 amide bonds. The summed E-state index contributed by atoms with van der Waals surface area (Å²) in [5, 5.41) is 8.77. The Morgan fingerprint density at radius 2 is 1.74 bits per heavy atom. The topological polar surface area (TPSA) is 109 Å². The molecule has 2 N–H and O–H groups in total. The highest BCUT2D eigenvalue weighted by Crippen LogP contribution is 2.26. The molecule has 0 spiro atoms. The van der Waals surface area contributed by atoms with E-state index in [0.717, 1.165) is 18.8 Å². The molecular formula is C23H29N9O2. The predicted molar refractivity (Wildman–Crippen MR) is 128 cm³/mol. The number of carbonyl (C=O) groups is 1. The first-order valence-electron chi connectivity index (χ1n) is 11.4. The lowest BCUT2D eigenvalue weighted by molar-refractivity contribution is 0.0371. The van der Waals surface area contributed by atoms with E-state index in [-0.39, 0.29) is 11.9 Å². The Morgan fingerprint density at radius 1 is 1.00 bits per heavy atom. The molecule has 0 bridgehead atoms. The van der Waals surface area contributed by atoms with Gasteiger partial charge in [-0.15, -0.1) is 5.10 Å². The summed E-state index contributed by atoms with van der Waals surface area (Å²) in [6.07, 6.45) is 1.58. The van der Waals surface area contributed by atoms with Crippen molar-refractivity contribution in [2.24, 2.45) is 0 Å². The molecule has 2 aliphatic rings. The third-order valence-electron chi connectivity index (χ3n) is 6.08. The van der Waals surface area contributed by atoms with E-state index in [4.69, 9.17) is 10.5 Å². The number of likely N-dealkylation sites (N-methyl/N-ethyl adjacent to an activating group) is 1. The number of ether oxygens (including phenoxy) is 1. The highest BCUT2D eigenvalue weighted by Gasteiger charge is 2.26. The van der Waals surface area contributed by atoms with E-state index in [1.807, 2.05) is 40.2 Å². The number of nitrogen functional groups attached to an aromatic ring is 1. The van der Waals surface area contributed by atoms with Crippen LogP contribution < -0.4 is 10.7 Å². The summed E-state index contributed by atoms with van der Waals surface area (Å²) >= 11 is 0. The molecule has 0 atom stereocenters. The average molecular weight is 464 g/mol. The fourth-order valence-electron chi connectivity index (χ4n) is 4.13. The van der Waals surface area contributed by atoms with Crippen molar-refractivity contribution in [1.82, 2.24) is 34.6 Å². The van der Waals surface area contributed by atoms with Gasteiger partial charge >= 0.3 is 0 Å². The number of morpholine rings is 1. The zero-order valence-electron chi connectivity index (χ0n) is 19.2. The van der Waals surface area contributed by atoms with Crippen molar-refractivity contribution in [3.8, 4) is 5.82 Å². The molecule has 2 aromatic heterocycles. The monoisotopic (exact) mass is 463 g/mol. The van der Waals surface area contributed by atoms with Gasteiger partial charge in [-0.25, -0.2) is 15.0 Å². The lowest BCUT2D eigenvalue weighted by atomic mass is 10.2. The number of anilines is 3. The van der Waals surface area contributed by atoms with Gasteiger partial charge in [0.25, 0.3) is 11.9 Å². The average Bonchev–Trinajstić information content (AvgIpc) is 3.26. The van der Waals surface area contributed by atoms with Crippen LogP contribution in [0.4, 0.5) is 17.6 Å². The highest BCUT2D eigenvalue weighted by molar-refractivity contribution is 5.94. The number of hydrogen-bond acceptors (Lipinski definition) is 9. The van der Waals surface area contributed by atoms with Gasteiger partial charge in [0.1, 0.15) is 0 Å². The van der Waals surface area contributed by atoms with Crippen LogP contribution in [0.15, 0.2) is 48.7 Å². The molecule has 178 valence electrons. The number of carbonyl (C=O) groups excluding carboxylic acids is 1. The van der Waals surface area contributed by atoms with Gasteiger partial charge < -0.3 is 20.3 Å². The minimum Gasteiger partial charge on any atom is -0.379 e. The lowest BCUT2D eigenvalue weighted by Gasteiger charge is -2.36. The van der Waals surface area contributed by atoms with Crippen LogP contribution in [0.1, 0.15) is 10.4 Å². The summed E-state index contributed by atoms with van der Waals surface area (Å²) < 4.78 is 7.01.